The van der Waals surface area contributed by atoms with E-state index < -0.39 is 0 Å². The second-order valence-corrected chi connectivity index (χ2v) is 7.11. The van der Waals surface area contributed by atoms with Gasteiger partial charge in [0.25, 0.3) is 0 Å². The van der Waals surface area contributed by atoms with Crippen LogP contribution in [0.25, 0.3) is 0 Å². The third-order valence-electron chi connectivity index (χ3n) is 3.86. The van der Waals surface area contributed by atoms with Crippen molar-refractivity contribution in [2.45, 2.75) is 33.1 Å². The van der Waals surface area contributed by atoms with E-state index in [1.807, 2.05) is 31.2 Å². The molecule has 0 unspecified atom stereocenters. The number of anilines is 4. The molecule has 25 heavy (non-hydrogen) atoms. The molecule has 0 bridgehead atoms. The zero-order chi connectivity index (χ0) is 17.9. The Balaban J connectivity index is 1.73. The highest BCUT2D eigenvalue weighted by atomic mass is 15.3. The standard InChI is InChI=1S/C20H23N5/c1-14-6-5-7-17(12-14)23-19-24-18(13-21-25-19)22-16-10-8-15(9-11-16)20(2,3)4/h5-13H,1-4H3,(H2,22,23,24,25). The number of hydrogen-bond donors (Lipinski definition) is 2. The number of hydrogen-bond acceptors (Lipinski definition) is 5. The van der Waals surface area contributed by atoms with E-state index in [9.17, 15) is 0 Å². The predicted octanol–water partition coefficient (Wildman–Crippen LogP) is 4.96. The summed E-state index contributed by atoms with van der Waals surface area (Å²) in [5.74, 6) is 1.11. The fraction of sp³-hybridized carbons (Fsp3) is 0.250. The smallest absolute Gasteiger partial charge is 0.249 e. The zero-order valence-electron chi connectivity index (χ0n) is 15.0. The second-order valence-electron chi connectivity index (χ2n) is 7.11. The molecule has 2 aromatic carbocycles. The normalized spacial score (nSPS) is 11.2. The van der Waals surface area contributed by atoms with Crippen LogP contribution < -0.4 is 10.6 Å². The predicted molar refractivity (Wildman–Crippen MR) is 103 cm³/mol. The van der Waals surface area contributed by atoms with Gasteiger partial charge in [-0.2, -0.15) is 10.1 Å². The second kappa shape index (κ2) is 6.89. The summed E-state index contributed by atoms with van der Waals surface area (Å²) in [4.78, 5) is 4.47. The van der Waals surface area contributed by atoms with E-state index in [0.717, 1.165) is 11.4 Å². The van der Waals surface area contributed by atoms with Crippen molar-refractivity contribution in [1.29, 1.82) is 0 Å². The van der Waals surface area contributed by atoms with Crippen LogP contribution in [-0.4, -0.2) is 15.2 Å². The average molecular weight is 333 g/mol. The van der Waals surface area contributed by atoms with Crippen LogP contribution in [0, 0.1) is 6.92 Å². The lowest BCUT2D eigenvalue weighted by atomic mass is 9.87. The summed E-state index contributed by atoms with van der Waals surface area (Å²) in [6.45, 7) is 8.65. The Morgan fingerprint density at radius 1 is 0.880 bits per heavy atom. The molecule has 128 valence electrons. The molecule has 0 saturated carbocycles. The first-order valence-electron chi connectivity index (χ1n) is 8.31. The molecule has 3 rings (SSSR count). The van der Waals surface area contributed by atoms with Gasteiger partial charge in [0, 0.05) is 11.4 Å². The van der Waals surface area contributed by atoms with Crippen molar-refractivity contribution in [1.82, 2.24) is 15.2 Å². The maximum absolute atomic E-state index is 4.47. The highest BCUT2D eigenvalue weighted by Crippen LogP contribution is 2.24. The summed E-state index contributed by atoms with van der Waals surface area (Å²) < 4.78 is 0. The maximum Gasteiger partial charge on any atom is 0.249 e. The Morgan fingerprint density at radius 3 is 2.32 bits per heavy atom. The van der Waals surface area contributed by atoms with Gasteiger partial charge in [0.2, 0.25) is 5.95 Å². The van der Waals surface area contributed by atoms with Crippen LogP contribution in [0.4, 0.5) is 23.1 Å². The maximum atomic E-state index is 4.47. The summed E-state index contributed by atoms with van der Waals surface area (Å²) >= 11 is 0. The van der Waals surface area contributed by atoms with Gasteiger partial charge in [-0.3, -0.25) is 0 Å². The molecule has 1 heterocycles. The molecule has 0 fully saturated rings. The lowest BCUT2D eigenvalue weighted by Crippen LogP contribution is -2.10. The molecule has 0 spiro atoms. The molecule has 3 aromatic rings. The first kappa shape index (κ1) is 16.9. The minimum atomic E-state index is 0.139. The summed E-state index contributed by atoms with van der Waals surface area (Å²) in [6.07, 6.45) is 1.61. The Labute approximate surface area is 148 Å². The van der Waals surface area contributed by atoms with Crippen molar-refractivity contribution in [3.63, 3.8) is 0 Å². The molecule has 2 N–H and O–H groups in total. The SMILES string of the molecule is Cc1cccc(Nc2nncc(Nc3ccc(C(C)(C)C)cc3)n2)c1. The van der Waals surface area contributed by atoms with Crippen molar-refractivity contribution >= 4 is 23.1 Å². The molecule has 0 atom stereocenters. The number of aryl methyl sites for hydroxylation is 1. The number of rotatable bonds is 4. The summed E-state index contributed by atoms with van der Waals surface area (Å²) in [7, 11) is 0. The minimum Gasteiger partial charge on any atom is -0.339 e. The molecule has 0 aliphatic heterocycles. The van der Waals surface area contributed by atoms with Crippen LogP contribution in [0.1, 0.15) is 31.9 Å². The minimum absolute atomic E-state index is 0.139. The third kappa shape index (κ3) is 4.53. The number of aromatic nitrogens is 3. The van der Waals surface area contributed by atoms with Crippen LogP contribution in [0.15, 0.2) is 54.7 Å². The molecule has 0 aliphatic rings. The summed E-state index contributed by atoms with van der Waals surface area (Å²) in [5.41, 5.74) is 4.51. The van der Waals surface area contributed by atoms with Crippen LogP contribution in [-0.2, 0) is 5.41 Å². The Kier molecular flexibility index (Phi) is 4.65. The van der Waals surface area contributed by atoms with Crippen LogP contribution in [0.5, 0.6) is 0 Å². The third-order valence-corrected chi connectivity index (χ3v) is 3.86. The fourth-order valence-corrected chi connectivity index (χ4v) is 2.47. The van der Waals surface area contributed by atoms with Crippen LogP contribution >= 0.6 is 0 Å². The van der Waals surface area contributed by atoms with Crippen LogP contribution in [0.3, 0.4) is 0 Å². The van der Waals surface area contributed by atoms with E-state index in [1.54, 1.807) is 6.20 Å². The molecule has 1 aromatic heterocycles. The number of nitrogens with zero attached hydrogens (tertiary/aromatic N) is 3. The van der Waals surface area contributed by atoms with E-state index in [1.165, 1.54) is 11.1 Å². The lowest BCUT2D eigenvalue weighted by Gasteiger charge is -2.19. The van der Waals surface area contributed by atoms with Crippen molar-refractivity contribution in [3.05, 3.63) is 65.9 Å². The van der Waals surface area contributed by atoms with Gasteiger partial charge in [0.05, 0.1) is 6.20 Å². The van der Waals surface area contributed by atoms with E-state index >= 15 is 0 Å². The lowest BCUT2D eigenvalue weighted by molar-refractivity contribution is 0.590. The Bertz CT molecular complexity index is 850. The van der Waals surface area contributed by atoms with Gasteiger partial charge in [-0.25, -0.2) is 0 Å². The molecular formula is C20H23N5. The van der Waals surface area contributed by atoms with Crippen molar-refractivity contribution in [3.8, 4) is 0 Å². The van der Waals surface area contributed by atoms with Gasteiger partial charge >= 0.3 is 0 Å². The summed E-state index contributed by atoms with van der Waals surface area (Å²) in [6, 6.07) is 16.4. The first-order chi connectivity index (χ1) is 11.9. The zero-order valence-corrected chi connectivity index (χ0v) is 15.0. The van der Waals surface area contributed by atoms with E-state index in [-0.39, 0.29) is 5.41 Å². The Hall–Kier alpha value is -2.95. The quantitative estimate of drug-likeness (QED) is 0.706. The van der Waals surface area contributed by atoms with Crippen molar-refractivity contribution in [2.24, 2.45) is 0 Å². The van der Waals surface area contributed by atoms with Crippen LogP contribution in [0.2, 0.25) is 0 Å². The van der Waals surface area contributed by atoms with Crippen molar-refractivity contribution < 1.29 is 0 Å². The first-order valence-corrected chi connectivity index (χ1v) is 8.31. The summed E-state index contributed by atoms with van der Waals surface area (Å²) in [5, 5.41) is 14.5. The molecule has 0 saturated heterocycles. The van der Waals surface area contributed by atoms with Gasteiger partial charge in [0.1, 0.15) is 0 Å². The van der Waals surface area contributed by atoms with Gasteiger partial charge in [-0.1, -0.05) is 45.0 Å². The highest BCUT2D eigenvalue weighted by Gasteiger charge is 2.12. The Morgan fingerprint density at radius 2 is 1.64 bits per heavy atom. The molecule has 0 aliphatic carbocycles. The number of benzene rings is 2. The fourth-order valence-electron chi connectivity index (χ4n) is 2.47. The van der Waals surface area contributed by atoms with Gasteiger partial charge in [0.15, 0.2) is 5.82 Å². The molecular weight excluding hydrogens is 310 g/mol. The molecule has 5 nitrogen and oxygen atoms in total. The van der Waals surface area contributed by atoms with E-state index in [2.05, 4.69) is 70.9 Å². The number of nitrogens with one attached hydrogen (secondary N) is 2. The molecule has 5 heteroatoms. The van der Waals surface area contributed by atoms with Gasteiger partial charge < -0.3 is 10.6 Å². The van der Waals surface area contributed by atoms with E-state index in [4.69, 9.17) is 0 Å². The monoisotopic (exact) mass is 333 g/mol. The highest BCUT2D eigenvalue weighted by molar-refractivity contribution is 5.59. The molecule has 0 amide bonds. The van der Waals surface area contributed by atoms with Crippen molar-refractivity contribution in [2.75, 3.05) is 10.6 Å². The van der Waals surface area contributed by atoms with Gasteiger partial charge in [-0.15, -0.1) is 5.10 Å². The van der Waals surface area contributed by atoms with E-state index in [0.29, 0.717) is 11.8 Å². The largest absolute Gasteiger partial charge is 0.339 e. The topological polar surface area (TPSA) is 62.7 Å². The van der Waals surface area contributed by atoms with Gasteiger partial charge in [-0.05, 0) is 47.7 Å². The molecule has 0 radical (unpaired) electrons. The average Bonchev–Trinajstić information content (AvgIpc) is 2.55.